The Kier molecular flexibility index (Phi) is 7.90. The van der Waals surface area contributed by atoms with E-state index in [4.69, 9.17) is 18.6 Å². The predicted octanol–water partition coefficient (Wildman–Crippen LogP) is 5.63. The third-order valence-corrected chi connectivity index (χ3v) is 11.0. The van der Waals surface area contributed by atoms with Crippen LogP contribution in [0.15, 0.2) is 30.3 Å². The second-order valence-electron chi connectivity index (χ2n) is 10.1. The first-order chi connectivity index (χ1) is 13.0. The van der Waals surface area contributed by atoms with Gasteiger partial charge < -0.3 is 18.6 Å². The molecule has 0 aromatic heterocycles. The largest absolute Gasteiger partial charge is 0.413 e. The summed E-state index contributed by atoms with van der Waals surface area (Å²) in [4.78, 5) is 0. The van der Waals surface area contributed by atoms with E-state index >= 15 is 0 Å². The molecule has 1 saturated carbocycles. The van der Waals surface area contributed by atoms with E-state index in [-0.39, 0.29) is 22.7 Å². The summed E-state index contributed by atoms with van der Waals surface area (Å²) in [5, 5.41) is 0.191. The summed E-state index contributed by atoms with van der Waals surface area (Å²) in [5.74, 6) is 0.338. The number of benzene rings is 1. The van der Waals surface area contributed by atoms with Crippen molar-refractivity contribution >= 4 is 8.32 Å². The van der Waals surface area contributed by atoms with E-state index in [0.29, 0.717) is 25.9 Å². The highest BCUT2D eigenvalue weighted by Crippen LogP contribution is 2.53. The van der Waals surface area contributed by atoms with Crippen LogP contribution in [0.5, 0.6) is 0 Å². The average Bonchev–Trinajstić information content (AvgIpc) is 2.61. The Morgan fingerprint density at radius 1 is 1.04 bits per heavy atom. The smallest absolute Gasteiger partial charge is 0.192 e. The van der Waals surface area contributed by atoms with E-state index in [2.05, 4.69) is 72.0 Å². The van der Waals surface area contributed by atoms with Crippen LogP contribution in [-0.2, 0) is 25.2 Å². The zero-order chi connectivity index (χ0) is 21.0. The number of ether oxygens (including phenoxy) is 3. The third kappa shape index (κ3) is 5.45. The zero-order valence-electron chi connectivity index (χ0n) is 19.1. The number of methoxy groups -OCH3 is 1. The number of rotatable bonds is 10. The van der Waals surface area contributed by atoms with Gasteiger partial charge in [-0.3, -0.25) is 0 Å². The molecule has 4 nitrogen and oxygen atoms in total. The minimum atomic E-state index is -1.86. The van der Waals surface area contributed by atoms with Crippen LogP contribution in [0.3, 0.4) is 0 Å². The molecule has 0 radical (unpaired) electrons. The van der Waals surface area contributed by atoms with Gasteiger partial charge in [-0.25, -0.2) is 0 Å². The second-order valence-corrected chi connectivity index (χ2v) is 14.9. The van der Waals surface area contributed by atoms with Crippen LogP contribution < -0.4 is 0 Å². The number of hydrogen-bond acceptors (Lipinski definition) is 4. The molecule has 0 saturated heterocycles. The van der Waals surface area contributed by atoms with Gasteiger partial charge in [0.15, 0.2) is 8.32 Å². The summed E-state index contributed by atoms with van der Waals surface area (Å²) >= 11 is 0. The summed E-state index contributed by atoms with van der Waals surface area (Å²) in [6.07, 6.45) is 1.28. The van der Waals surface area contributed by atoms with Crippen LogP contribution in [0.2, 0.25) is 18.1 Å². The van der Waals surface area contributed by atoms with Gasteiger partial charge in [0, 0.05) is 25.0 Å². The molecule has 0 N–H and O–H groups in total. The molecular weight excluding hydrogens is 368 g/mol. The lowest BCUT2D eigenvalue weighted by molar-refractivity contribution is -0.228. The van der Waals surface area contributed by atoms with Gasteiger partial charge in [0.2, 0.25) is 0 Å². The van der Waals surface area contributed by atoms with Crippen molar-refractivity contribution in [2.75, 3.05) is 20.5 Å². The van der Waals surface area contributed by atoms with Gasteiger partial charge in [-0.1, -0.05) is 65.0 Å². The molecule has 0 aliphatic heterocycles. The normalized spacial score (nSPS) is 24.8. The lowest BCUT2D eigenvalue weighted by Gasteiger charge is -2.60. The quantitative estimate of drug-likeness (QED) is 0.286. The molecule has 0 heterocycles. The van der Waals surface area contributed by atoms with Gasteiger partial charge >= 0.3 is 0 Å². The first-order valence-electron chi connectivity index (χ1n) is 10.4. The van der Waals surface area contributed by atoms with Crippen molar-refractivity contribution in [1.82, 2.24) is 0 Å². The Bertz CT molecular complexity index is 594. The summed E-state index contributed by atoms with van der Waals surface area (Å²) in [6, 6.07) is 10.4. The molecule has 1 aliphatic rings. The summed E-state index contributed by atoms with van der Waals surface area (Å²) in [7, 11) is -0.206. The molecule has 1 aromatic carbocycles. The predicted molar refractivity (Wildman–Crippen MR) is 117 cm³/mol. The molecule has 1 fully saturated rings. The van der Waals surface area contributed by atoms with Crippen molar-refractivity contribution in [3.8, 4) is 0 Å². The maximum atomic E-state index is 6.88. The van der Waals surface area contributed by atoms with Crippen LogP contribution in [0, 0.1) is 11.3 Å². The third-order valence-electron chi connectivity index (χ3n) is 6.54. The van der Waals surface area contributed by atoms with Crippen molar-refractivity contribution in [3.05, 3.63) is 35.9 Å². The second kappa shape index (κ2) is 9.39. The monoisotopic (exact) mass is 408 g/mol. The summed E-state index contributed by atoms with van der Waals surface area (Å²) in [6.45, 7) is 17.8. The van der Waals surface area contributed by atoms with E-state index in [9.17, 15) is 0 Å². The van der Waals surface area contributed by atoms with Crippen molar-refractivity contribution in [2.24, 2.45) is 11.3 Å². The van der Waals surface area contributed by atoms with Crippen molar-refractivity contribution in [1.29, 1.82) is 0 Å². The zero-order valence-corrected chi connectivity index (χ0v) is 20.1. The molecule has 1 aromatic rings. The van der Waals surface area contributed by atoms with Gasteiger partial charge in [-0.05, 0) is 30.1 Å². The fourth-order valence-electron chi connectivity index (χ4n) is 3.80. The van der Waals surface area contributed by atoms with Crippen LogP contribution >= 0.6 is 0 Å². The first kappa shape index (κ1) is 23.6. The fraction of sp³-hybridized carbons (Fsp3) is 0.739. The number of hydrogen-bond donors (Lipinski definition) is 0. The summed E-state index contributed by atoms with van der Waals surface area (Å²) < 4.78 is 23.9. The van der Waals surface area contributed by atoms with Crippen molar-refractivity contribution in [3.63, 3.8) is 0 Å². The highest BCUT2D eigenvalue weighted by Gasteiger charge is 2.59. The minimum Gasteiger partial charge on any atom is -0.413 e. The molecule has 0 spiro atoms. The van der Waals surface area contributed by atoms with E-state index < -0.39 is 8.32 Å². The van der Waals surface area contributed by atoms with Gasteiger partial charge in [-0.2, -0.15) is 0 Å². The Morgan fingerprint density at radius 2 is 1.68 bits per heavy atom. The van der Waals surface area contributed by atoms with Crippen LogP contribution in [0.1, 0.15) is 46.6 Å². The molecule has 0 amide bonds. The van der Waals surface area contributed by atoms with Gasteiger partial charge in [0.05, 0.1) is 18.8 Å². The Hall–Kier alpha value is -0.723. The SMILES string of the molecule is COCOCC[C@@H]1[C@@H](OCc2ccccc2)C(C)(C)[C@@H]1O[Si](C)(C)C(C)(C)C. The molecule has 5 heteroatoms. The first-order valence-corrected chi connectivity index (χ1v) is 13.3. The maximum Gasteiger partial charge on any atom is 0.192 e. The molecule has 0 bridgehead atoms. The molecule has 1 aliphatic carbocycles. The van der Waals surface area contributed by atoms with Crippen molar-refractivity contribution < 1.29 is 18.6 Å². The average molecular weight is 409 g/mol. The van der Waals surface area contributed by atoms with Gasteiger partial charge in [-0.15, -0.1) is 0 Å². The maximum absolute atomic E-state index is 6.88. The van der Waals surface area contributed by atoms with Crippen molar-refractivity contribution in [2.45, 2.75) is 78.0 Å². The molecule has 0 unspecified atom stereocenters. The Morgan fingerprint density at radius 3 is 2.25 bits per heavy atom. The standard InChI is InChI=1S/C23H40O4Si/c1-22(2,3)28(7,8)27-21-19(14-15-25-17-24-6)20(23(21,4)5)26-16-18-12-10-9-11-13-18/h9-13,19-21H,14-17H2,1-8H3/t19-,20-,21-/m1/s1. The Labute approximate surface area is 173 Å². The van der Waals surface area contributed by atoms with E-state index in [1.54, 1.807) is 7.11 Å². The van der Waals surface area contributed by atoms with Crippen LogP contribution in [0.4, 0.5) is 0 Å². The molecule has 160 valence electrons. The topological polar surface area (TPSA) is 36.9 Å². The lowest BCUT2D eigenvalue weighted by Crippen LogP contribution is -2.66. The van der Waals surface area contributed by atoms with Gasteiger partial charge in [0.25, 0.3) is 0 Å². The van der Waals surface area contributed by atoms with Gasteiger partial charge in [0.1, 0.15) is 6.79 Å². The minimum absolute atomic E-state index is 0.0176. The molecular formula is C23H40O4Si. The fourth-order valence-corrected chi connectivity index (χ4v) is 5.27. The molecule has 3 atom stereocenters. The highest BCUT2D eigenvalue weighted by atomic mass is 28.4. The van der Waals surface area contributed by atoms with E-state index in [0.717, 1.165) is 6.42 Å². The summed E-state index contributed by atoms with van der Waals surface area (Å²) in [5.41, 5.74) is 1.19. The van der Waals surface area contributed by atoms with E-state index in [1.165, 1.54) is 5.56 Å². The van der Waals surface area contributed by atoms with Crippen LogP contribution in [-0.4, -0.2) is 41.0 Å². The van der Waals surface area contributed by atoms with E-state index in [1.807, 2.05) is 6.07 Å². The highest BCUT2D eigenvalue weighted by molar-refractivity contribution is 6.74. The lowest BCUT2D eigenvalue weighted by atomic mass is 9.58. The molecule has 28 heavy (non-hydrogen) atoms. The molecule has 2 rings (SSSR count). The Balaban J connectivity index is 2.09. The van der Waals surface area contributed by atoms with Crippen LogP contribution in [0.25, 0.3) is 0 Å².